The summed E-state index contributed by atoms with van der Waals surface area (Å²) in [5.41, 5.74) is 2.88. The predicted molar refractivity (Wildman–Crippen MR) is 110 cm³/mol. The van der Waals surface area contributed by atoms with E-state index in [1.807, 2.05) is 6.26 Å². The number of anilines is 1. The van der Waals surface area contributed by atoms with Crippen molar-refractivity contribution in [1.82, 2.24) is 20.2 Å². The lowest BCUT2D eigenvalue weighted by Crippen LogP contribution is -2.42. The number of H-pyrrole nitrogens is 1. The number of hydrogen-bond acceptors (Lipinski definition) is 7. The van der Waals surface area contributed by atoms with Crippen LogP contribution < -0.4 is 4.90 Å². The van der Waals surface area contributed by atoms with Gasteiger partial charge in [-0.1, -0.05) is 11.8 Å². The van der Waals surface area contributed by atoms with Crippen LogP contribution in [0, 0.1) is 3.70 Å². The number of aromatic amines is 1. The molecule has 2 aliphatic rings. The molecule has 9 heteroatoms. The van der Waals surface area contributed by atoms with Gasteiger partial charge in [0.25, 0.3) is 0 Å². The Kier molecular flexibility index (Phi) is 4.48. The number of hydrogen-bond donors (Lipinski definition) is 2. The monoisotopic (exact) mass is 487 g/mol. The molecule has 7 nitrogen and oxygen atoms in total. The summed E-state index contributed by atoms with van der Waals surface area (Å²) in [5.74, 6) is 0.833. The van der Waals surface area contributed by atoms with Gasteiger partial charge in [-0.2, -0.15) is 5.10 Å². The van der Waals surface area contributed by atoms with Gasteiger partial charge in [-0.3, -0.25) is 5.10 Å². The Hall–Kier alpha value is -0.910. The molecule has 0 unspecified atom stereocenters. The standard InChI is InChI=1S/C17H22IN5O2S/c1-16(2)10-11(21-22-13(10)18)9-12(16)19-15(26-4)20-14(9)23-5-6-25-8-17(3,24)7-23/h24H,5-8H2,1-4H3,(H,21,22)/t17-/m0/s1. The minimum Gasteiger partial charge on any atom is -0.386 e. The SMILES string of the molecule is CSc1nc(N2CCOC[C@@](C)(O)C2)c2c(n1)C(C)(C)c1c-2n[nH]c1I. The summed E-state index contributed by atoms with van der Waals surface area (Å²) in [6, 6.07) is 0. The van der Waals surface area contributed by atoms with Crippen molar-refractivity contribution in [2.75, 3.05) is 37.5 Å². The first-order chi connectivity index (χ1) is 12.2. The fraction of sp³-hybridized carbons (Fsp3) is 0.588. The Bertz CT molecular complexity index is 867. The quantitative estimate of drug-likeness (QED) is 0.382. The van der Waals surface area contributed by atoms with Crippen LogP contribution in [0.5, 0.6) is 0 Å². The van der Waals surface area contributed by atoms with Crippen molar-refractivity contribution < 1.29 is 9.84 Å². The van der Waals surface area contributed by atoms with E-state index in [4.69, 9.17) is 14.7 Å². The van der Waals surface area contributed by atoms with Crippen molar-refractivity contribution in [3.8, 4) is 11.3 Å². The molecule has 0 bridgehead atoms. The van der Waals surface area contributed by atoms with Crippen molar-refractivity contribution in [2.24, 2.45) is 0 Å². The topological polar surface area (TPSA) is 87.2 Å². The zero-order valence-corrected chi connectivity index (χ0v) is 18.2. The highest BCUT2D eigenvalue weighted by Crippen LogP contribution is 2.51. The van der Waals surface area contributed by atoms with Crippen LogP contribution in [0.2, 0.25) is 0 Å². The molecule has 2 aromatic heterocycles. The van der Waals surface area contributed by atoms with Crippen molar-refractivity contribution in [2.45, 2.75) is 36.9 Å². The lowest BCUT2D eigenvalue weighted by atomic mass is 9.87. The number of halogens is 1. The summed E-state index contributed by atoms with van der Waals surface area (Å²) in [6.45, 7) is 8.16. The fourth-order valence-electron chi connectivity index (χ4n) is 3.79. The van der Waals surface area contributed by atoms with E-state index in [9.17, 15) is 5.11 Å². The second-order valence-electron chi connectivity index (χ2n) is 7.61. The van der Waals surface area contributed by atoms with E-state index in [0.29, 0.717) is 26.3 Å². The zero-order valence-electron chi connectivity index (χ0n) is 15.3. The van der Waals surface area contributed by atoms with Crippen molar-refractivity contribution >= 4 is 40.2 Å². The average molecular weight is 487 g/mol. The first-order valence-electron chi connectivity index (χ1n) is 8.51. The maximum atomic E-state index is 10.6. The summed E-state index contributed by atoms with van der Waals surface area (Å²) in [4.78, 5) is 11.8. The van der Waals surface area contributed by atoms with Crippen molar-refractivity contribution in [1.29, 1.82) is 0 Å². The Labute approximate surface area is 170 Å². The molecule has 2 N–H and O–H groups in total. The molecule has 140 valence electrons. The van der Waals surface area contributed by atoms with Gasteiger partial charge >= 0.3 is 0 Å². The molecule has 3 heterocycles. The lowest BCUT2D eigenvalue weighted by Gasteiger charge is -2.30. The third kappa shape index (κ3) is 2.83. The van der Waals surface area contributed by atoms with E-state index >= 15 is 0 Å². The van der Waals surface area contributed by atoms with Crippen LogP contribution >= 0.6 is 34.4 Å². The summed E-state index contributed by atoms with van der Waals surface area (Å²) >= 11 is 3.83. The molecule has 1 saturated heterocycles. The number of rotatable bonds is 2. The van der Waals surface area contributed by atoms with Gasteiger partial charge < -0.3 is 14.7 Å². The molecule has 2 aromatic rings. The van der Waals surface area contributed by atoms with E-state index in [-0.39, 0.29) is 5.41 Å². The molecule has 4 rings (SSSR count). The fourth-order valence-corrected chi connectivity index (χ4v) is 5.20. The highest BCUT2D eigenvalue weighted by molar-refractivity contribution is 14.1. The van der Waals surface area contributed by atoms with Gasteiger partial charge in [0.2, 0.25) is 0 Å². The van der Waals surface area contributed by atoms with E-state index in [1.54, 1.807) is 6.92 Å². The Morgan fingerprint density at radius 2 is 2.08 bits per heavy atom. The first-order valence-corrected chi connectivity index (χ1v) is 10.8. The average Bonchev–Trinajstić information content (AvgIpc) is 2.99. The second kappa shape index (κ2) is 6.32. The molecule has 1 aliphatic heterocycles. The zero-order chi connectivity index (χ0) is 18.7. The number of thioether (sulfide) groups is 1. The van der Waals surface area contributed by atoms with Gasteiger partial charge in [0.15, 0.2) is 5.16 Å². The van der Waals surface area contributed by atoms with Gasteiger partial charge in [-0.05, 0) is 49.6 Å². The third-order valence-corrected chi connectivity index (χ3v) is 6.31. The highest BCUT2D eigenvalue weighted by Gasteiger charge is 2.44. The number of β-amino-alcohol motifs (C(OH)–C–C–N with tert-alkyl or cyclic N) is 1. The molecule has 0 radical (unpaired) electrons. The van der Waals surface area contributed by atoms with Crippen LogP contribution in [-0.2, 0) is 10.2 Å². The Balaban J connectivity index is 1.94. The van der Waals surface area contributed by atoms with E-state index < -0.39 is 5.60 Å². The van der Waals surface area contributed by atoms with Crippen LogP contribution in [0.25, 0.3) is 11.3 Å². The highest BCUT2D eigenvalue weighted by atomic mass is 127. The second-order valence-corrected chi connectivity index (χ2v) is 9.47. The molecule has 0 aromatic carbocycles. The maximum absolute atomic E-state index is 10.6. The summed E-state index contributed by atoms with van der Waals surface area (Å²) in [5, 5.41) is 19.0. The number of aromatic nitrogens is 4. The number of nitrogens with zero attached hydrogens (tertiary/aromatic N) is 4. The smallest absolute Gasteiger partial charge is 0.189 e. The molecule has 1 aliphatic carbocycles. The van der Waals surface area contributed by atoms with Gasteiger partial charge in [0.1, 0.15) is 20.8 Å². The maximum Gasteiger partial charge on any atom is 0.189 e. The minimum absolute atomic E-state index is 0.249. The molecule has 0 saturated carbocycles. The van der Waals surface area contributed by atoms with Gasteiger partial charge in [0, 0.05) is 17.5 Å². The number of nitrogens with one attached hydrogen (secondary N) is 1. The van der Waals surface area contributed by atoms with Crippen LogP contribution in [-0.4, -0.2) is 63.4 Å². The molecular formula is C17H22IN5O2S. The minimum atomic E-state index is -0.926. The van der Waals surface area contributed by atoms with Gasteiger partial charge in [-0.25, -0.2) is 9.97 Å². The van der Waals surface area contributed by atoms with Gasteiger partial charge in [0.05, 0.1) is 31.0 Å². The largest absolute Gasteiger partial charge is 0.386 e. The third-order valence-electron chi connectivity index (χ3n) is 4.98. The van der Waals surface area contributed by atoms with E-state index in [1.165, 1.54) is 17.3 Å². The molecule has 0 spiro atoms. The van der Waals surface area contributed by atoms with Crippen molar-refractivity contribution in [3.05, 3.63) is 15.0 Å². The number of ether oxygens (including phenoxy) is 1. The first kappa shape index (κ1) is 18.5. The summed E-state index contributed by atoms with van der Waals surface area (Å²) in [6.07, 6.45) is 1.98. The summed E-state index contributed by atoms with van der Waals surface area (Å²) < 4.78 is 6.62. The molecule has 0 amide bonds. The van der Waals surface area contributed by atoms with Crippen molar-refractivity contribution in [3.63, 3.8) is 0 Å². The number of fused-ring (bicyclic) bond motifs is 3. The Morgan fingerprint density at radius 3 is 2.81 bits per heavy atom. The molecule has 1 atom stereocenters. The van der Waals surface area contributed by atoms with E-state index in [2.05, 4.69) is 51.5 Å². The van der Waals surface area contributed by atoms with Crippen LogP contribution in [0.4, 0.5) is 5.82 Å². The lowest BCUT2D eigenvalue weighted by molar-refractivity contribution is -0.0123. The Morgan fingerprint density at radius 1 is 1.31 bits per heavy atom. The number of aliphatic hydroxyl groups is 1. The predicted octanol–water partition coefficient (Wildman–Crippen LogP) is 2.42. The van der Waals surface area contributed by atoms with Crippen LogP contribution in [0.1, 0.15) is 32.0 Å². The van der Waals surface area contributed by atoms with E-state index in [0.717, 1.165) is 31.6 Å². The molecule has 26 heavy (non-hydrogen) atoms. The molecular weight excluding hydrogens is 465 g/mol. The van der Waals surface area contributed by atoms with Gasteiger partial charge in [-0.15, -0.1) is 0 Å². The molecule has 1 fully saturated rings. The normalized spacial score (nSPS) is 24.3. The summed E-state index contributed by atoms with van der Waals surface area (Å²) in [7, 11) is 0. The van der Waals surface area contributed by atoms with Crippen LogP contribution in [0.3, 0.4) is 0 Å². The van der Waals surface area contributed by atoms with Crippen LogP contribution in [0.15, 0.2) is 5.16 Å².